The summed E-state index contributed by atoms with van der Waals surface area (Å²) in [6.07, 6.45) is 0. The van der Waals surface area contributed by atoms with Crippen molar-refractivity contribution >= 4 is 10.0 Å². The summed E-state index contributed by atoms with van der Waals surface area (Å²) >= 11 is 0. The maximum absolute atomic E-state index is 12.8. The van der Waals surface area contributed by atoms with E-state index in [0.717, 1.165) is 5.56 Å². The van der Waals surface area contributed by atoms with Gasteiger partial charge in [-0.1, -0.05) is 31.8 Å². The van der Waals surface area contributed by atoms with Crippen LogP contribution < -0.4 is 0 Å². The lowest BCUT2D eigenvalue weighted by molar-refractivity contribution is 0.350. The van der Waals surface area contributed by atoms with Gasteiger partial charge in [-0.3, -0.25) is 0 Å². The lowest BCUT2D eigenvalue weighted by atomic mass is 10.0. The molecule has 0 spiro atoms. The topological polar surface area (TPSA) is 57.6 Å². The first kappa shape index (κ1) is 16.0. The van der Waals surface area contributed by atoms with Crippen LogP contribution in [0.25, 0.3) is 0 Å². The molecule has 5 heteroatoms. The minimum absolute atomic E-state index is 0.232. The van der Waals surface area contributed by atoms with Crippen LogP contribution in [0.1, 0.15) is 25.0 Å². The van der Waals surface area contributed by atoms with Crippen molar-refractivity contribution < 1.29 is 13.5 Å². The maximum Gasteiger partial charge on any atom is 0.244 e. The van der Waals surface area contributed by atoms with Gasteiger partial charge in [0.2, 0.25) is 10.0 Å². The van der Waals surface area contributed by atoms with Crippen molar-refractivity contribution in [3.05, 3.63) is 29.3 Å². The highest BCUT2D eigenvalue weighted by molar-refractivity contribution is 7.89. The van der Waals surface area contributed by atoms with Gasteiger partial charge in [-0.05, 0) is 36.5 Å². The zero-order valence-electron chi connectivity index (χ0n) is 12.6. The fraction of sp³-hybridized carbons (Fsp3) is 0.500. The second kappa shape index (κ2) is 6.18. The Bertz CT molecular complexity index is 675. The summed E-state index contributed by atoms with van der Waals surface area (Å²) in [6.45, 7) is 6.84. The third-order valence-electron chi connectivity index (χ3n) is 4.01. The molecule has 1 fully saturated rings. The number of aliphatic hydroxyl groups excluding tert-OH is 1. The van der Waals surface area contributed by atoms with E-state index in [-0.39, 0.29) is 11.5 Å². The van der Waals surface area contributed by atoms with Crippen molar-refractivity contribution in [3.63, 3.8) is 0 Å². The highest BCUT2D eigenvalue weighted by Crippen LogP contribution is 2.29. The lowest BCUT2D eigenvalue weighted by Crippen LogP contribution is -2.29. The first-order chi connectivity index (χ1) is 9.86. The van der Waals surface area contributed by atoms with E-state index in [0.29, 0.717) is 30.5 Å². The Hall–Kier alpha value is -1.35. The highest BCUT2D eigenvalue weighted by atomic mass is 32.2. The predicted octanol–water partition coefficient (Wildman–Crippen LogP) is 1.62. The van der Waals surface area contributed by atoms with Crippen molar-refractivity contribution in [2.45, 2.75) is 25.7 Å². The van der Waals surface area contributed by atoms with Crippen LogP contribution in [0.15, 0.2) is 23.1 Å². The Morgan fingerprint density at radius 1 is 1.29 bits per heavy atom. The highest BCUT2D eigenvalue weighted by Gasteiger charge is 2.35. The smallest absolute Gasteiger partial charge is 0.244 e. The van der Waals surface area contributed by atoms with Crippen LogP contribution in [-0.4, -0.2) is 37.5 Å². The molecule has 2 unspecified atom stereocenters. The van der Waals surface area contributed by atoms with E-state index in [1.54, 1.807) is 18.2 Å². The van der Waals surface area contributed by atoms with Crippen LogP contribution in [0.4, 0.5) is 0 Å². The summed E-state index contributed by atoms with van der Waals surface area (Å²) in [4.78, 5) is 0.232. The van der Waals surface area contributed by atoms with E-state index < -0.39 is 10.0 Å². The second-order valence-corrected chi connectivity index (χ2v) is 7.64. The van der Waals surface area contributed by atoms with Crippen LogP contribution in [0.5, 0.6) is 0 Å². The molecule has 0 aliphatic carbocycles. The zero-order valence-corrected chi connectivity index (χ0v) is 13.4. The van der Waals surface area contributed by atoms with Gasteiger partial charge < -0.3 is 5.11 Å². The number of nitrogens with zero attached hydrogens (tertiary/aromatic N) is 1. The van der Waals surface area contributed by atoms with Gasteiger partial charge >= 0.3 is 0 Å². The van der Waals surface area contributed by atoms with E-state index in [2.05, 4.69) is 25.7 Å². The SMILES string of the molecule is Cc1ccc(S(=O)(=O)N2CC(C)C(C)C2)c(C#CCO)c1. The Balaban J connectivity index is 2.45. The van der Waals surface area contributed by atoms with E-state index in [9.17, 15) is 8.42 Å². The Morgan fingerprint density at radius 2 is 1.90 bits per heavy atom. The number of benzene rings is 1. The van der Waals surface area contributed by atoms with Gasteiger partial charge in [0.1, 0.15) is 6.61 Å². The molecule has 1 aromatic carbocycles. The number of rotatable bonds is 2. The first-order valence-corrected chi connectivity index (χ1v) is 8.50. The first-order valence-electron chi connectivity index (χ1n) is 7.06. The summed E-state index contributed by atoms with van der Waals surface area (Å²) in [5.41, 5.74) is 1.40. The molecular formula is C16H21NO3S. The van der Waals surface area contributed by atoms with Crippen molar-refractivity contribution in [2.75, 3.05) is 19.7 Å². The summed E-state index contributed by atoms with van der Waals surface area (Å²) in [7, 11) is -3.53. The molecule has 114 valence electrons. The number of sulfonamides is 1. The third kappa shape index (κ3) is 3.29. The molecule has 0 saturated carbocycles. The quantitative estimate of drug-likeness (QED) is 0.845. The summed E-state index contributed by atoms with van der Waals surface area (Å²) in [6, 6.07) is 5.14. The molecule has 1 aliphatic rings. The molecule has 1 saturated heterocycles. The monoisotopic (exact) mass is 307 g/mol. The van der Waals surface area contributed by atoms with Crippen LogP contribution in [0, 0.1) is 30.6 Å². The minimum atomic E-state index is -3.53. The predicted molar refractivity (Wildman–Crippen MR) is 82.2 cm³/mol. The van der Waals surface area contributed by atoms with Gasteiger partial charge in [-0.2, -0.15) is 4.31 Å². The summed E-state index contributed by atoms with van der Waals surface area (Å²) < 4.78 is 27.2. The third-order valence-corrected chi connectivity index (χ3v) is 5.90. The number of aryl methyl sites for hydroxylation is 1. The van der Waals surface area contributed by atoms with Gasteiger partial charge in [-0.25, -0.2) is 8.42 Å². The molecule has 0 radical (unpaired) electrons. The Labute approximate surface area is 126 Å². The lowest BCUT2D eigenvalue weighted by Gasteiger charge is -2.17. The molecule has 4 nitrogen and oxygen atoms in total. The Morgan fingerprint density at radius 3 is 2.48 bits per heavy atom. The van der Waals surface area contributed by atoms with E-state index in [4.69, 9.17) is 5.11 Å². The van der Waals surface area contributed by atoms with Gasteiger partial charge in [-0.15, -0.1) is 0 Å². The van der Waals surface area contributed by atoms with E-state index in [1.165, 1.54) is 4.31 Å². The van der Waals surface area contributed by atoms with Crippen LogP contribution in [-0.2, 0) is 10.0 Å². The molecule has 1 N–H and O–H groups in total. The Kier molecular flexibility index (Phi) is 4.72. The molecule has 0 amide bonds. The average molecular weight is 307 g/mol. The average Bonchev–Trinajstić information content (AvgIpc) is 2.77. The van der Waals surface area contributed by atoms with Crippen molar-refractivity contribution in [2.24, 2.45) is 11.8 Å². The van der Waals surface area contributed by atoms with E-state index in [1.807, 2.05) is 6.92 Å². The molecule has 1 aromatic rings. The van der Waals surface area contributed by atoms with Gasteiger partial charge in [0.05, 0.1) is 4.90 Å². The fourth-order valence-corrected chi connectivity index (χ4v) is 4.28. The van der Waals surface area contributed by atoms with Crippen LogP contribution in [0.3, 0.4) is 0 Å². The number of hydrogen-bond acceptors (Lipinski definition) is 3. The van der Waals surface area contributed by atoms with Crippen molar-refractivity contribution in [1.82, 2.24) is 4.31 Å². The maximum atomic E-state index is 12.8. The largest absolute Gasteiger partial charge is 0.384 e. The summed E-state index contributed by atoms with van der Waals surface area (Å²) in [5.74, 6) is 6.00. The number of hydrogen-bond donors (Lipinski definition) is 1. The van der Waals surface area contributed by atoms with Crippen LogP contribution in [0.2, 0.25) is 0 Å². The van der Waals surface area contributed by atoms with Gasteiger partial charge in [0.15, 0.2) is 0 Å². The summed E-state index contributed by atoms with van der Waals surface area (Å²) in [5, 5.41) is 8.84. The molecular weight excluding hydrogens is 286 g/mol. The van der Waals surface area contributed by atoms with E-state index >= 15 is 0 Å². The van der Waals surface area contributed by atoms with Crippen molar-refractivity contribution in [1.29, 1.82) is 0 Å². The molecule has 1 aliphatic heterocycles. The van der Waals surface area contributed by atoms with Gasteiger partial charge in [0.25, 0.3) is 0 Å². The number of aliphatic hydroxyl groups is 1. The zero-order chi connectivity index (χ0) is 15.6. The molecule has 2 rings (SSSR count). The molecule has 21 heavy (non-hydrogen) atoms. The molecule has 2 atom stereocenters. The fourth-order valence-electron chi connectivity index (χ4n) is 2.51. The van der Waals surface area contributed by atoms with Gasteiger partial charge in [0, 0.05) is 18.7 Å². The van der Waals surface area contributed by atoms with Crippen LogP contribution >= 0.6 is 0 Å². The molecule has 0 bridgehead atoms. The minimum Gasteiger partial charge on any atom is -0.384 e. The van der Waals surface area contributed by atoms with Crippen molar-refractivity contribution in [3.8, 4) is 11.8 Å². The normalized spacial score (nSPS) is 22.9. The standard InChI is InChI=1S/C16H21NO3S/c1-12-6-7-16(15(9-12)5-4-8-18)21(19,20)17-10-13(2)14(3)11-17/h6-7,9,13-14,18H,8,10-11H2,1-3H3. The molecule has 0 aromatic heterocycles. The molecule has 1 heterocycles. The second-order valence-electron chi connectivity index (χ2n) is 5.74.